The molecule has 1 aliphatic carbocycles. The van der Waals surface area contributed by atoms with Crippen molar-refractivity contribution in [3.8, 4) is 0 Å². The molecule has 26 heavy (non-hydrogen) atoms. The molecule has 2 N–H and O–H groups in total. The van der Waals surface area contributed by atoms with Crippen LogP contribution in [-0.2, 0) is 20.7 Å². The van der Waals surface area contributed by atoms with Crippen LogP contribution in [0.1, 0.15) is 49.4 Å². The SMILES string of the molecule is COC(=O)N[C@H](C(=O)N1CCC[C@H]1c1nc2c([nH]1)CCC=C2)[C@@H](C)OC. The highest BCUT2D eigenvalue weighted by molar-refractivity contribution is 5.86. The lowest BCUT2D eigenvalue weighted by molar-refractivity contribution is -0.137. The normalized spacial score (nSPS) is 21.2. The number of fused-ring (bicyclic) bond motifs is 1. The molecule has 1 aromatic heterocycles. The molecule has 3 rings (SSSR count). The zero-order valence-corrected chi connectivity index (χ0v) is 15.4. The fraction of sp³-hybridized carbons (Fsp3) is 0.611. The van der Waals surface area contributed by atoms with Crippen LogP contribution in [0.4, 0.5) is 4.79 Å². The van der Waals surface area contributed by atoms with Gasteiger partial charge in [0.1, 0.15) is 11.9 Å². The number of alkyl carbamates (subject to hydrolysis) is 1. The number of aromatic amines is 1. The lowest BCUT2D eigenvalue weighted by Crippen LogP contribution is -2.54. The minimum absolute atomic E-state index is 0.118. The Morgan fingerprint density at radius 1 is 1.42 bits per heavy atom. The molecule has 1 fully saturated rings. The number of nitrogens with one attached hydrogen (secondary N) is 2. The molecule has 1 saturated heterocycles. The molecule has 0 radical (unpaired) electrons. The predicted octanol–water partition coefficient (Wildman–Crippen LogP) is 1.79. The molecule has 0 aromatic carbocycles. The molecule has 1 aromatic rings. The monoisotopic (exact) mass is 362 g/mol. The highest BCUT2D eigenvalue weighted by atomic mass is 16.5. The van der Waals surface area contributed by atoms with Gasteiger partial charge < -0.3 is 24.7 Å². The molecule has 8 heteroatoms. The van der Waals surface area contributed by atoms with E-state index in [1.54, 1.807) is 11.8 Å². The Hall–Kier alpha value is -2.35. The second-order valence-corrected chi connectivity index (χ2v) is 6.67. The number of H-pyrrole nitrogens is 1. The average molecular weight is 362 g/mol. The Morgan fingerprint density at radius 2 is 2.23 bits per heavy atom. The van der Waals surface area contributed by atoms with Crippen molar-refractivity contribution in [2.45, 2.75) is 50.8 Å². The maximum absolute atomic E-state index is 13.1. The van der Waals surface area contributed by atoms with Gasteiger partial charge >= 0.3 is 6.09 Å². The average Bonchev–Trinajstić information content (AvgIpc) is 3.30. The number of methoxy groups -OCH3 is 2. The summed E-state index contributed by atoms with van der Waals surface area (Å²) in [6.45, 7) is 2.38. The van der Waals surface area contributed by atoms with Crippen LogP contribution in [0.25, 0.3) is 6.08 Å². The van der Waals surface area contributed by atoms with E-state index >= 15 is 0 Å². The Balaban J connectivity index is 1.81. The van der Waals surface area contributed by atoms with Gasteiger partial charge in [-0.15, -0.1) is 0 Å². The first-order valence-electron chi connectivity index (χ1n) is 8.98. The maximum Gasteiger partial charge on any atom is 0.407 e. The Morgan fingerprint density at radius 3 is 2.92 bits per heavy atom. The maximum atomic E-state index is 13.1. The van der Waals surface area contributed by atoms with E-state index in [1.807, 2.05) is 6.08 Å². The van der Waals surface area contributed by atoms with Crippen molar-refractivity contribution in [2.75, 3.05) is 20.8 Å². The van der Waals surface area contributed by atoms with E-state index in [1.165, 1.54) is 14.2 Å². The van der Waals surface area contributed by atoms with Crippen LogP contribution in [0.3, 0.4) is 0 Å². The van der Waals surface area contributed by atoms with Crippen LogP contribution >= 0.6 is 0 Å². The molecule has 1 aliphatic heterocycles. The molecule has 142 valence electrons. The highest BCUT2D eigenvalue weighted by Gasteiger charge is 2.38. The minimum atomic E-state index is -0.808. The van der Waals surface area contributed by atoms with Gasteiger partial charge in [-0.05, 0) is 38.7 Å². The molecule has 2 aliphatic rings. The number of carbonyl (C=O) groups is 2. The number of aromatic nitrogens is 2. The largest absolute Gasteiger partial charge is 0.453 e. The van der Waals surface area contributed by atoms with Crippen molar-refractivity contribution in [1.82, 2.24) is 20.2 Å². The first-order valence-corrected chi connectivity index (χ1v) is 8.98. The smallest absolute Gasteiger partial charge is 0.407 e. The van der Waals surface area contributed by atoms with Gasteiger partial charge in [0.25, 0.3) is 0 Å². The summed E-state index contributed by atoms with van der Waals surface area (Å²) in [5, 5.41) is 2.60. The zero-order valence-electron chi connectivity index (χ0n) is 15.4. The van der Waals surface area contributed by atoms with E-state index < -0.39 is 18.2 Å². The standard InChI is InChI=1S/C18H26N4O4/c1-11(25-2)15(21-18(24)26-3)17(23)22-10-6-9-14(22)16-19-12-7-4-5-8-13(12)20-16/h4,7,11,14-15H,5-6,8-10H2,1-3H3,(H,19,20)(H,21,24)/t11-,14+,15+/m1/s1. The van der Waals surface area contributed by atoms with Crippen molar-refractivity contribution in [1.29, 1.82) is 0 Å². The third-order valence-electron chi connectivity index (χ3n) is 5.08. The molecule has 2 heterocycles. The minimum Gasteiger partial charge on any atom is -0.453 e. The van der Waals surface area contributed by atoms with Gasteiger partial charge in [0.2, 0.25) is 5.91 Å². The number of likely N-dealkylation sites (tertiary alicyclic amines) is 1. The number of rotatable bonds is 5. The summed E-state index contributed by atoms with van der Waals surface area (Å²) in [5.41, 5.74) is 2.08. The summed E-state index contributed by atoms with van der Waals surface area (Å²) in [4.78, 5) is 34.7. The molecule has 0 bridgehead atoms. The summed E-state index contributed by atoms with van der Waals surface area (Å²) < 4.78 is 9.95. The Labute approximate surface area is 152 Å². The van der Waals surface area contributed by atoms with Gasteiger partial charge in [-0.25, -0.2) is 9.78 Å². The molecular formula is C18H26N4O4. The summed E-state index contributed by atoms with van der Waals surface area (Å²) in [6, 6.07) is -0.926. The van der Waals surface area contributed by atoms with E-state index in [9.17, 15) is 9.59 Å². The fourth-order valence-corrected chi connectivity index (χ4v) is 3.55. The van der Waals surface area contributed by atoms with Gasteiger partial charge in [-0.2, -0.15) is 0 Å². The number of imidazole rings is 1. The van der Waals surface area contributed by atoms with E-state index in [2.05, 4.69) is 26.1 Å². The van der Waals surface area contributed by atoms with E-state index in [-0.39, 0.29) is 11.9 Å². The molecule has 0 saturated carbocycles. The molecule has 0 spiro atoms. The summed E-state index contributed by atoms with van der Waals surface area (Å²) in [6.07, 6.45) is 6.68. The van der Waals surface area contributed by atoms with E-state index in [4.69, 9.17) is 4.74 Å². The third-order valence-corrected chi connectivity index (χ3v) is 5.08. The number of ether oxygens (including phenoxy) is 2. The number of hydrogen-bond donors (Lipinski definition) is 2. The van der Waals surface area contributed by atoms with Crippen molar-refractivity contribution >= 4 is 18.1 Å². The molecular weight excluding hydrogens is 336 g/mol. The lowest BCUT2D eigenvalue weighted by atomic mass is 10.1. The lowest BCUT2D eigenvalue weighted by Gasteiger charge is -2.30. The van der Waals surface area contributed by atoms with Gasteiger partial charge in [-0.3, -0.25) is 4.79 Å². The van der Waals surface area contributed by atoms with Gasteiger partial charge in [-0.1, -0.05) is 6.08 Å². The number of carbonyl (C=O) groups excluding carboxylic acids is 2. The topological polar surface area (TPSA) is 96.5 Å². The first-order chi connectivity index (χ1) is 12.5. The van der Waals surface area contributed by atoms with Crippen LogP contribution in [0, 0.1) is 0 Å². The zero-order chi connectivity index (χ0) is 18.7. The Bertz CT molecular complexity index is 699. The second kappa shape index (κ2) is 7.90. The van der Waals surface area contributed by atoms with Gasteiger partial charge in [0.05, 0.1) is 24.9 Å². The van der Waals surface area contributed by atoms with Crippen molar-refractivity contribution in [3.05, 3.63) is 23.3 Å². The molecule has 2 amide bonds. The van der Waals surface area contributed by atoms with Crippen LogP contribution in [0.2, 0.25) is 0 Å². The van der Waals surface area contributed by atoms with Crippen LogP contribution in [0.15, 0.2) is 6.08 Å². The summed E-state index contributed by atoms with van der Waals surface area (Å²) in [5.74, 6) is 0.631. The van der Waals surface area contributed by atoms with Crippen molar-refractivity contribution in [2.24, 2.45) is 0 Å². The van der Waals surface area contributed by atoms with Crippen LogP contribution in [0.5, 0.6) is 0 Å². The van der Waals surface area contributed by atoms with Gasteiger partial charge in [0, 0.05) is 19.3 Å². The number of allylic oxidation sites excluding steroid dienone is 1. The van der Waals surface area contributed by atoms with E-state index in [0.717, 1.165) is 42.9 Å². The molecule has 8 nitrogen and oxygen atoms in total. The second-order valence-electron chi connectivity index (χ2n) is 6.67. The van der Waals surface area contributed by atoms with Crippen molar-refractivity contribution in [3.63, 3.8) is 0 Å². The van der Waals surface area contributed by atoms with Crippen LogP contribution in [-0.4, -0.2) is 59.8 Å². The van der Waals surface area contributed by atoms with E-state index in [0.29, 0.717) is 6.54 Å². The quantitative estimate of drug-likeness (QED) is 0.832. The fourth-order valence-electron chi connectivity index (χ4n) is 3.55. The van der Waals surface area contributed by atoms with Crippen molar-refractivity contribution < 1.29 is 19.1 Å². The number of aryl methyl sites for hydroxylation is 1. The summed E-state index contributed by atoms with van der Waals surface area (Å²) in [7, 11) is 2.78. The number of hydrogen-bond acceptors (Lipinski definition) is 5. The van der Waals surface area contributed by atoms with Crippen LogP contribution < -0.4 is 5.32 Å². The van der Waals surface area contributed by atoms with Gasteiger partial charge in [0.15, 0.2) is 0 Å². The third kappa shape index (κ3) is 3.60. The number of amides is 2. The Kier molecular flexibility index (Phi) is 5.61. The number of nitrogens with zero attached hydrogens (tertiary/aromatic N) is 2. The predicted molar refractivity (Wildman–Crippen MR) is 95.4 cm³/mol. The molecule has 3 atom stereocenters. The highest BCUT2D eigenvalue weighted by Crippen LogP contribution is 2.32. The first kappa shape index (κ1) is 18.4. The molecule has 0 unspecified atom stereocenters. The summed E-state index contributed by atoms with van der Waals surface area (Å²) >= 11 is 0.